The molecule has 1 aromatic carbocycles. The highest BCUT2D eigenvalue weighted by Gasteiger charge is 2.41. The third-order valence-corrected chi connectivity index (χ3v) is 4.00. The Hall–Kier alpha value is -1.59. The molecule has 3 N–H and O–H groups in total. The Kier molecular flexibility index (Phi) is 4.01. The predicted molar refractivity (Wildman–Crippen MR) is 72.9 cm³/mol. The second-order valence-corrected chi connectivity index (χ2v) is 5.46. The van der Waals surface area contributed by atoms with Crippen LogP contribution in [0.4, 0.5) is 0 Å². The van der Waals surface area contributed by atoms with Crippen LogP contribution >= 0.6 is 0 Å². The molecule has 0 saturated heterocycles. The first-order chi connectivity index (χ1) is 9.36. The summed E-state index contributed by atoms with van der Waals surface area (Å²) in [7, 11) is 1.45. The van der Waals surface area contributed by atoms with Gasteiger partial charge in [0.2, 0.25) is 0 Å². The number of hydrogen-bond acceptors (Lipinski definition) is 5. The maximum Gasteiger partial charge on any atom is 0.170 e. The standard InChI is InChI=1S/C15H20O5/c1-7(16)4-10-8(2)14(18)13-11(15(10)19)5-9(20-3)6-12(13)17/h5-8,10,15-17,19H,4H2,1-3H3. The van der Waals surface area contributed by atoms with Crippen LogP contribution in [0.2, 0.25) is 0 Å². The number of carbonyl (C=O) groups excluding carboxylic acids is 1. The van der Waals surface area contributed by atoms with Gasteiger partial charge in [0.05, 0.1) is 24.9 Å². The van der Waals surface area contributed by atoms with E-state index < -0.39 is 18.1 Å². The van der Waals surface area contributed by atoms with Crippen molar-refractivity contribution in [2.24, 2.45) is 11.8 Å². The SMILES string of the molecule is COc1cc(O)c2c(c1)C(O)C(CC(C)O)C(C)C2=O. The summed E-state index contributed by atoms with van der Waals surface area (Å²) in [6, 6.07) is 2.93. The molecular formula is C15H20O5. The highest BCUT2D eigenvalue weighted by molar-refractivity contribution is 6.03. The molecule has 1 aromatic rings. The lowest BCUT2D eigenvalue weighted by molar-refractivity contribution is 0.0278. The number of hydrogen-bond donors (Lipinski definition) is 3. The minimum Gasteiger partial charge on any atom is -0.507 e. The number of carbonyl (C=O) groups is 1. The average molecular weight is 280 g/mol. The largest absolute Gasteiger partial charge is 0.507 e. The third kappa shape index (κ3) is 2.39. The second kappa shape index (κ2) is 5.42. The zero-order valence-corrected chi connectivity index (χ0v) is 11.8. The van der Waals surface area contributed by atoms with Gasteiger partial charge < -0.3 is 20.1 Å². The van der Waals surface area contributed by atoms with Gasteiger partial charge in [-0.15, -0.1) is 0 Å². The molecule has 0 heterocycles. The quantitative estimate of drug-likeness (QED) is 0.783. The van der Waals surface area contributed by atoms with E-state index in [0.717, 1.165) is 0 Å². The van der Waals surface area contributed by atoms with Crippen molar-refractivity contribution in [2.75, 3.05) is 7.11 Å². The Labute approximate surface area is 117 Å². The molecule has 0 amide bonds. The summed E-state index contributed by atoms with van der Waals surface area (Å²) in [4.78, 5) is 12.4. The summed E-state index contributed by atoms with van der Waals surface area (Å²) in [5.74, 6) is -0.826. The molecule has 0 aromatic heterocycles. The first-order valence-corrected chi connectivity index (χ1v) is 6.68. The molecule has 4 unspecified atom stereocenters. The predicted octanol–water partition coefficient (Wildman–Crippen LogP) is 1.65. The minimum atomic E-state index is -0.909. The number of aromatic hydroxyl groups is 1. The molecule has 0 aliphatic heterocycles. The first-order valence-electron chi connectivity index (χ1n) is 6.68. The fraction of sp³-hybridized carbons (Fsp3) is 0.533. The number of fused-ring (bicyclic) bond motifs is 1. The van der Waals surface area contributed by atoms with Crippen molar-refractivity contribution in [3.05, 3.63) is 23.3 Å². The highest BCUT2D eigenvalue weighted by Crippen LogP contribution is 2.44. The fourth-order valence-electron chi connectivity index (χ4n) is 2.89. The maximum atomic E-state index is 12.4. The number of aliphatic hydroxyl groups is 2. The molecule has 110 valence electrons. The van der Waals surface area contributed by atoms with Crippen molar-refractivity contribution < 1.29 is 24.9 Å². The fourth-order valence-corrected chi connectivity index (χ4v) is 2.89. The van der Waals surface area contributed by atoms with Gasteiger partial charge in [0.1, 0.15) is 11.5 Å². The summed E-state index contributed by atoms with van der Waals surface area (Å²) in [5.41, 5.74) is 0.531. The van der Waals surface area contributed by atoms with Crippen LogP contribution in [0.1, 0.15) is 42.3 Å². The lowest BCUT2D eigenvalue weighted by Gasteiger charge is -2.35. The molecule has 4 atom stereocenters. The van der Waals surface area contributed by atoms with Crippen LogP contribution in [0.15, 0.2) is 12.1 Å². The topological polar surface area (TPSA) is 87.0 Å². The molecule has 0 bridgehead atoms. The van der Waals surface area contributed by atoms with Gasteiger partial charge in [-0.2, -0.15) is 0 Å². The number of methoxy groups -OCH3 is 1. The number of benzene rings is 1. The van der Waals surface area contributed by atoms with E-state index in [0.29, 0.717) is 17.7 Å². The number of ether oxygens (including phenoxy) is 1. The molecule has 0 radical (unpaired) electrons. The molecule has 0 saturated carbocycles. The molecule has 0 fully saturated rings. The molecule has 5 heteroatoms. The van der Waals surface area contributed by atoms with E-state index in [1.807, 2.05) is 0 Å². The van der Waals surface area contributed by atoms with Crippen LogP contribution in [0, 0.1) is 11.8 Å². The van der Waals surface area contributed by atoms with Gasteiger partial charge in [0.25, 0.3) is 0 Å². The summed E-state index contributed by atoms with van der Waals surface area (Å²) < 4.78 is 5.06. The molecule has 20 heavy (non-hydrogen) atoms. The molecule has 2 rings (SSSR count). The van der Waals surface area contributed by atoms with E-state index in [9.17, 15) is 20.1 Å². The lowest BCUT2D eigenvalue weighted by atomic mass is 9.71. The smallest absolute Gasteiger partial charge is 0.170 e. The monoisotopic (exact) mass is 280 g/mol. The number of phenols is 1. The van der Waals surface area contributed by atoms with E-state index >= 15 is 0 Å². The molecule has 5 nitrogen and oxygen atoms in total. The van der Waals surface area contributed by atoms with Crippen molar-refractivity contribution in [3.63, 3.8) is 0 Å². The molecular weight excluding hydrogens is 260 g/mol. The number of rotatable bonds is 3. The minimum absolute atomic E-state index is 0.160. The van der Waals surface area contributed by atoms with E-state index in [2.05, 4.69) is 0 Å². The third-order valence-electron chi connectivity index (χ3n) is 4.00. The Morgan fingerprint density at radius 1 is 1.40 bits per heavy atom. The average Bonchev–Trinajstić information content (AvgIpc) is 2.40. The highest BCUT2D eigenvalue weighted by atomic mass is 16.5. The summed E-state index contributed by atoms with van der Waals surface area (Å²) in [5, 5.41) is 30.0. The van der Waals surface area contributed by atoms with Crippen LogP contribution in [-0.2, 0) is 0 Å². The van der Waals surface area contributed by atoms with Gasteiger partial charge in [0.15, 0.2) is 5.78 Å². The van der Waals surface area contributed by atoms with Crippen molar-refractivity contribution >= 4 is 5.78 Å². The number of Topliss-reactive ketones (excluding diaryl/α,β-unsaturated/α-hetero) is 1. The Morgan fingerprint density at radius 3 is 2.60 bits per heavy atom. The number of ketones is 1. The molecule has 1 aliphatic rings. The van der Waals surface area contributed by atoms with Gasteiger partial charge in [-0.1, -0.05) is 6.92 Å². The zero-order valence-electron chi connectivity index (χ0n) is 11.8. The normalized spacial score (nSPS) is 27.1. The van der Waals surface area contributed by atoms with E-state index in [1.165, 1.54) is 13.2 Å². The Bertz CT molecular complexity index is 523. The van der Waals surface area contributed by atoms with Crippen LogP contribution in [-0.4, -0.2) is 34.3 Å². The van der Waals surface area contributed by atoms with E-state index in [-0.39, 0.29) is 23.0 Å². The van der Waals surface area contributed by atoms with Crippen LogP contribution in [0.25, 0.3) is 0 Å². The Morgan fingerprint density at radius 2 is 2.05 bits per heavy atom. The van der Waals surface area contributed by atoms with Gasteiger partial charge in [-0.3, -0.25) is 4.79 Å². The Balaban J connectivity index is 2.52. The van der Waals surface area contributed by atoms with Gasteiger partial charge in [-0.25, -0.2) is 0 Å². The zero-order chi connectivity index (χ0) is 15.0. The van der Waals surface area contributed by atoms with Crippen molar-refractivity contribution in [1.82, 2.24) is 0 Å². The van der Waals surface area contributed by atoms with Crippen LogP contribution < -0.4 is 4.74 Å². The maximum absolute atomic E-state index is 12.4. The van der Waals surface area contributed by atoms with Gasteiger partial charge in [-0.05, 0) is 25.0 Å². The summed E-state index contributed by atoms with van der Waals surface area (Å²) >= 11 is 0. The first kappa shape index (κ1) is 14.8. The van der Waals surface area contributed by atoms with E-state index in [4.69, 9.17) is 4.74 Å². The molecule has 0 spiro atoms. The van der Waals surface area contributed by atoms with Gasteiger partial charge in [0, 0.05) is 17.9 Å². The van der Waals surface area contributed by atoms with Gasteiger partial charge >= 0.3 is 0 Å². The summed E-state index contributed by atoms with van der Waals surface area (Å²) in [6.45, 7) is 3.34. The lowest BCUT2D eigenvalue weighted by Crippen LogP contribution is -2.35. The van der Waals surface area contributed by atoms with Crippen molar-refractivity contribution in [1.29, 1.82) is 0 Å². The second-order valence-electron chi connectivity index (χ2n) is 5.46. The summed E-state index contributed by atoms with van der Waals surface area (Å²) in [6.07, 6.45) is -1.19. The number of aliphatic hydroxyl groups excluding tert-OH is 2. The van der Waals surface area contributed by atoms with Crippen LogP contribution in [0.5, 0.6) is 11.5 Å². The van der Waals surface area contributed by atoms with Crippen LogP contribution in [0.3, 0.4) is 0 Å². The van der Waals surface area contributed by atoms with Crippen molar-refractivity contribution in [2.45, 2.75) is 32.5 Å². The van der Waals surface area contributed by atoms with E-state index in [1.54, 1.807) is 19.9 Å². The molecule has 1 aliphatic carbocycles. The number of phenolic OH excluding ortho intramolecular Hbond substituents is 1. The van der Waals surface area contributed by atoms with Crippen molar-refractivity contribution in [3.8, 4) is 11.5 Å².